The first kappa shape index (κ1) is 21.0. The molecule has 0 unspecified atom stereocenters. The molecule has 0 aliphatic carbocycles. The van der Waals surface area contributed by atoms with Gasteiger partial charge in [0.2, 0.25) is 10.0 Å². The van der Waals surface area contributed by atoms with Crippen molar-refractivity contribution in [2.75, 3.05) is 31.1 Å². The zero-order valence-corrected chi connectivity index (χ0v) is 16.3. The number of benzene rings is 1. The second kappa shape index (κ2) is 8.76. The molecule has 1 aliphatic heterocycles. The molecular formula is C17H19F3N2O4S2. The molecule has 1 aliphatic rings. The lowest BCUT2D eigenvalue weighted by atomic mass is 10.1. The van der Waals surface area contributed by atoms with Crippen LogP contribution in [0.4, 0.5) is 13.2 Å². The third-order valence-electron chi connectivity index (χ3n) is 4.25. The minimum Gasteiger partial charge on any atom is -0.472 e. The van der Waals surface area contributed by atoms with Crippen LogP contribution >= 0.6 is 11.8 Å². The highest BCUT2D eigenvalue weighted by Gasteiger charge is 2.34. The Hall–Kier alpha value is -1.69. The minimum atomic E-state index is -4.99. The molecule has 0 amide bonds. The summed E-state index contributed by atoms with van der Waals surface area (Å²) in [6, 6.07) is 6.13. The predicted molar refractivity (Wildman–Crippen MR) is 98.7 cm³/mol. The molecular weight excluding hydrogens is 417 g/mol. The van der Waals surface area contributed by atoms with Crippen LogP contribution in [0.1, 0.15) is 11.6 Å². The molecule has 1 aromatic heterocycles. The second-order valence-electron chi connectivity index (χ2n) is 6.07. The van der Waals surface area contributed by atoms with Crippen LogP contribution in [0.15, 0.2) is 52.2 Å². The number of nitrogens with zero attached hydrogens (tertiary/aromatic N) is 1. The molecule has 0 radical (unpaired) electrons. The SMILES string of the molecule is O=S(=O)(NC[C@@H](c1ccoc1)N1CCSCC1)c1ccccc1OC(F)(F)F. The van der Waals surface area contributed by atoms with Crippen molar-refractivity contribution in [3.8, 4) is 5.75 Å². The van der Waals surface area contributed by atoms with Gasteiger partial charge in [0.1, 0.15) is 10.6 Å². The first-order valence-electron chi connectivity index (χ1n) is 8.44. The van der Waals surface area contributed by atoms with Crippen molar-refractivity contribution >= 4 is 21.8 Å². The van der Waals surface area contributed by atoms with E-state index >= 15 is 0 Å². The molecule has 1 aromatic carbocycles. The molecule has 1 N–H and O–H groups in total. The number of sulfonamides is 1. The van der Waals surface area contributed by atoms with Gasteiger partial charge in [0.15, 0.2) is 0 Å². The Kier molecular flexibility index (Phi) is 6.58. The summed E-state index contributed by atoms with van der Waals surface area (Å²) in [6.07, 6.45) is -1.94. The van der Waals surface area contributed by atoms with Crippen LogP contribution in [0.3, 0.4) is 0 Å². The maximum absolute atomic E-state index is 12.7. The number of halogens is 3. The number of ether oxygens (including phenoxy) is 1. The van der Waals surface area contributed by atoms with Crippen molar-refractivity contribution in [3.63, 3.8) is 0 Å². The summed E-state index contributed by atoms with van der Waals surface area (Å²) < 4.78 is 74.6. The van der Waals surface area contributed by atoms with Gasteiger partial charge in [0, 0.05) is 36.7 Å². The van der Waals surface area contributed by atoms with E-state index in [0.717, 1.165) is 42.3 Å². The summed E-state index contributed by atoms with van der Waals surface area (Å²) in [6.45, 7) is 1.54. The third kappa shape index (κ3) is 5.43. The Balaban J connectivity index is 1.79. The molecule has 3 rings (SSSR count). The Bertz CT molecular complexity index is 867. The van der Waals surface area contributed by atoms with Gasteiger partial charge in [-0.05, 0) is 18.2 Å². The highest BCUT2D eigenvalue weighted by Crippen LogP contribution is 2.30. The average molecular weight is 436 g/mol. The van der Waals surface area contributed by atoms with E-state index in [1.165, 1.54) is 18.4 Å². The Labute approximate surface area is 165 Å². The summed E-state index contributed by atoms with van der Waals surface area (Å²) in [7, 11) is -4.23. The molecule has 1 atom stereocenters. The van der Waals surface area contributed by atoms with Crippen LogP contribution in [0.2, 0.25) is 0 Å². The van der Waals surface area contributed by atoms with Gasteiger partial charge in [-0.1, -0.05) is 12.1 Å². The number of para-hydroxylation sites is 1. The van der Waals surface area contributed by atoms with E-state index in [1.807, 2.05) is 11.8 Å². The molecule has 2 aromatic rings. The van der Waals surface area contributed by atoms with Gasteiger partial charge >= 0.3 is 6.36 Å². The number of alkyl halides is 3. The monoisotopic (exact) mass is 436 g/mol. The van der Waals surface area contributed by atoms with Gasteiger partial charge in [0.05, 0.1) is 18.6 Å². The Morgan fingerprint density at radius 2 is 1.93 bits per heavy atom. The van der Waals surface area contributed by atoms with Crippen molar-refractivity contribution in [2.24, 2.45) is 0 Å². The van der Waals surface area contributed by atoms with E-state index in [9.17, 15) is 21.6 Å². The van der Waals surface area contributed by atoms with Gasteiger partial charge in [-0.2, -0.15) is 11.8 Å². The van der Waals surface area contributed by atoms with Gasteiger partial charge in [-0.3, -0.25) is 4.90 Å². The lowest BCUT2D eigenvalue weighted by molar-refractivity contribution is -0.275. The van der Waals surface area contributed by atoms with E-state index in [4.69, 9.17) is 4.42 Å². The first-order valence-corrected chi connectivity index (χ1v) is 11.1. The van der Waals surface area contributed by atoms with Crippen molar-refractivity contribution in [2.45, 2.75) is 17.3 Å². The molecule has 1 fully saturated rings. The summed E-state index contributed by atoms with van der Waals surface area (Å²) in [4.78, 5) is 1.56. The number of hydrogen-bond acceptors (Lipinski definition) is 6. The van der Waals surface area contributed by atoms with Crippen LogP contribution in [0.5, 0.6) is 5.75 Å². The quantitative estimate of drug-likeness (QED) is 0.719. The van der Waals surface area contributed by atoms with E-state index in [0.29, 0.717) is 0 Å². The molecule has 28 heavy (non-hydrogen) atoms. The molecule has 0 spiro atoms. The smallest absolute Gasteiger partial charge is 0.472 e. The minimum absolute atomic E-state index is 0.00706. The lowest BCUT2D eigenvalue weighted by Crippen LogP contribution is -2.42. The number of thioether (sulfide) groups is 1. The molecule has 1 saturated heterocycles. The highest BCUT2D eigenvalue weighted by atomic mass is 32.2. The summed E-state index contributed by atoms with van der Waals surface area (Å²) in [5, 5.41) is 0. The molecule has 11 heteroatoms. The predicted octanol–water partition coefficient (Wildman–Crippen LogP) is 3.25. The van der Waals surface area contributed by atoms with E-state index in [1.54, 1.807) is 12.3 Å². The first-order chi connectivity index (χ1) is 13.3. The third-order valence-corrected chi connectivity index (χ3v) is 6.65. The summed E-state index contributed by atoms with van der Waals surface area (Å²) in [5.74, 6) is 1.07. The zero-order valence-electron chi connectivity index (χ0n) is 14.7. The zero-order chi connectivity index (χ0) is 20.2. The topological polar surface area (TPSA) is 71.8 Å². The molecule has 6 nitrogen and oxygen atoms in total. The van der Waals surface area contributed by atoms with Crippen LogP contribution in [-0.2, 0) is 10.0 Å². The lowest BCUT2D eigenvalue weighted by Gasteiger charge is -2.33. The standard InChI is InChI=1S/C17H19F3N2O4S2/c18-17(19,20)26-15-3-1-2-4-16(15)28(23,24)21-11-14(13-5-8-25-12-13)22-6-9-27-10-7-22/h1-5,8,12,14,21H,6-7,9-11H2/t14-/m0/s1. The normalized spacial score (nSPS) is 17.4. The van der Waals surface area contributed by atoms with Crippen LogP contribution in [-0.4, -0.2) is 50.8 Å². The Morgan fingerprint density at radius 3 is 2.57 bits per heavy atom. The Morgan fingerprint density at radius 1 is 1.21 bits per heavy atom. The number of hydrogen-bond donors (Lipinski definition) is 1. The average Bonchev–Trinajstić information content (AvgIpc) is 3.16. The fourth-order valence-corrected chi connectivity index (χ4v) is 5.06. The molecule has 0 saturated carbocycles. The van der Waals surface area contributed by atoms with Gasteiger partial charge in [-0.15, -0.1) is 13.2 Å². The van der Waals surface area contributed by atoms with Crippen molar-refractivity contribution in [1.82, 2.24) is 9.62 Å². The fourth-order valence-electron chi connectivity index (χ4n) is 2.96. The van der Waals surface area contributed by atoms with Crippen LogP contribution < -0.4 is 9.46 Å². The maximum Gasteiger partial charge on any atom is 0.573 e. The number of furan rings is 1. The van der Waals surface area contributed by atoms with Gasteiger partial charge in [-0.25, -0.2) is 13.1 Å². The van der Waals surface area contributed by atoms with Crippen molar-refractivity contribution in [1.29, 1.82) is 0 Å². The fraction of sp³-hybridized carbons (Fsp3) is 0.412. The van der Waals surface area contributed by atoms with Gasteiger partial charge in [0.25, 0.3) is 0 Å². The largest absolute Gasteiger partial charge is 0.573 e. The van der Waals surface area contributed by atoms with Gasteiger partial charge < -0.3 is 9.15 Å². The molecule has 154 valence electrons. The van der Waals surface area contributed by atoms with Crippen LogP contribution in [0.25, 0.3) is 0 Å². The number of rotatable bonds is 7. The van der Waals surface area contributed by atoms with Crippen molar-refractivity contribution < 1.29 is 30.7 Å². The summed E-state index contributed by atoms with van der Waals surface area (Å²) in [5.41, 5.74) is 0.800. The highest BCUT2D eigenvalue weighted by molar-refractivity contribution is 7.99. The van der Waals surface area contributed by atoms with E-state index in [-0.39, 0.29) is 12.6 Å². The van der Waals surface area contributed by atoms with E-state index in [2.05, 4.69) is 14.4 Å². The van der Waals surface area contributed by atoms with Crippen molar-refractivity contribution in [3.05, 3.63) is 48.4 Å². The second-order valence-corrected chi connectivity index (χ2v) is 9.03. The van der Waals surface area contributed by atoms with E-state index < -0.39 is 27.0 Å². The molecule has 0 bridgehead atoms. The summed E-state index contributed by atoms with van der Waals surface area (Å²) >= 11 is 1.81. The molecule has 2 heterocycles. The maximum atomic E-state index is 12.7. The number of nitrogens with one attached hydrogen (secondary N) is 1. The van der Waals surface area contributed by atoms with Crippen LogP contribution in [0, 0.1) is 0 Å².